The second-order valence-corrected chi connectivity index (χ2v) is 4.89. The molecule has 0 radical (unpaired) electrons. The summed E-state index contributed by atoms with van der Waals surface area (Å²) >= 11 is 0. The molecule has 0 aliphatic carbocycles. The molecule has 3 nitrogen and oxygen atoms in total. The maximum Gasteiger partial charge on any atom is 0.253 e. The molecule has 0 atom stereocenters. The predicted molar refractivity (Wildman–Crippen MR) is 82.6 cm³/mol. The average molecular weight is 268 g/mol. The quantitative estimate of drug-likeness (QED) is 0.837. The Hall–Kier alpha value is -2.29. The maximum atomic E-state index is 12.1. The van der Waals surface area contributed by atoms with E-state index in [1.165, 1.54) is 5.56 Å². The van der Waals surface area contributed by atoms with Crippen molar-refractivity contribution in [1.29, 1.82) is 0 Å². The molecule has 0 bridgehead atoms. The zero-order valence-corrected chi connectivity index (χ0v) is 11.9. The van der Waals surface area contributed by atoms with Crippen LogP contribution in [0.3, 0.4) is 0 Å². The second kappa shape index (κ2) is 6.24. The van der Waals surface area contributed by atoms with E-state index in [4.69, 9.17) is 5.73 Å². The van der Waals surface area contributed by atoms with Crippen LogP contribution in [0.25, 0.3) is 0 Å². The Bertz CT molecular complexity index is 603. The van der Waals surface area contributed by atoms with Gasteiger partial charge in [0.05, 0.1) is 5.56 Å². The van der Waals surface area contributed by atoms with Crippen molar-refractivity contribution in [3.05, 3.63) is 64.7 Å². The van der Waals surface area contributed by atoms with Gasteiger partial charge in [-0.25, -0.2) is 0 Å². The number of hydrogen-bond acceptors (Lipinski definition) is 2. The third-order valence-electron chi connectivity index (χ3n) is 3.45. The molecular formula is C17H20N2O. The van der Waals surface area contributed by atoms with Gasteiger partial charge in [0, 0.05) is 12.2 Å². The first-order chi connectivity index (χ1) is 9.61. The number of carbonyl (C=O) groups is 1. The van der Waals surface area contributed by atoms with Gasteiger partial charge >= 0.3 is 0 Å². The van der Waals surface area contributed by atoms with Crippen molar-refractivity contribution >= 4 is 11.6 Å². The first kappa shape index (κ1) is 14.1. The standard InChI is InChI=1S/C17H20N2O/c1-3-13-7-9-14(10-8-13)11-19-17(20)15-6-4-5-12(2)16(15)18/h4-10H,3,11,18H2,1-2H3,(H,19,20). The molecule has 1 amide bonds. The third kappa shape index (κ3) is 3.18. The van der Waals surface area contributed by atoms with Crippen LogP contribution in [0.5, 0.6) is 0 Å². The molecule has 0 aliphatic heterocycles. The highest BCUT2D eigenvalue weighted by Gasteiger charge is 2.10. The molecule has 3 N–H and O–H groups in total. The number of carbonyl (C=O) groups excluding carboxylic acids is 1. The normalized spacial score (nSPS) is 10.3. The van der Waals surface area contributed by atoms with Gasteiger partial charge < -0.3 is 11.1 Å². The molecule has 0 unspecified atom stereocenters. The lowest BCUT2D eigenvalue weighted by atomic mass is 10.1. The molecular weight excluding hydrogens is 248 g/mol. The molecule has 0 spiro atoms. The van der Waals surface area contributed by atoms with E-state index in [1.54, 1.807) is 6.07 Å². The van der Waals surface area contributed by atoms with Crippen LogP contribution in [-0.2, 0) is 13.0 Å². The van der Waals surface area contributed by atoms with E-state index in [-0.39, 0.29) is 5.91 Å². The van der Waals surface area contributed by atoms with Gasteiger partial charge in [0.25, 0.3) is 5.91 Å². The van der Waals surface area contributed by atoms with Gasteiger partial charge in [-0.2, -0.15) is 0 Å². The van der Waals surface area contributed by atoms with Crippen LogP contribution in [0.4, 0.5) is 5.69 Å². The maximum absolute atomic E-state index is 12.1. The van der Waals surface area contributed by atoms with Gasteiger partial charge in [-0.05, 0) is 36.1 Å². The summed E-state index contributed by atoms with van der Waals surface area (Å²) in [5.74, 6) is -0.134. The Kier molecular flexibility index (Phi) is 4.41. The Labute approximate surface area is 119 Å². The highest BCUT2D eigenvalue weighted by atomic mass is 16.1. The van der Waals surface area contributed by atoms with Crippen molar-refractivity contribution in [3.63, 3.8) is 0 Å². The zero-order chi connectivity index (χ0) is 14.5. The number of nitrogens with two attached hydrogens (primary N) is 1. The van der Waals surface area contributed by atoms with E-state index in [2.05, 4.69) is 24.4 Å². The molecule has 0 heterocycles. The Morgan fingerprint density at radius 3 is 2.40 bits per heavy atom. The van der Waals surface area contributed by atoms with Crippen molar-refractivity contribution < 1.29 is 4.79 Å². The summed E-state index contributed by atoms with van der Waals surface area (Å²) in [4.78, 5) is 12.1. The van der Waals surface area contributed by atoms with E-state index in [0.29, 0.717) is 17.8 Å². The van der Waals surface area contributed by atoms with Crippen molar-refractivity contribution in [2.75, 3.05) is 5.73 Å². The summed E-state index contributed by atoms with van der Waals surface area (Å²) in [5, 5.41) is 2.90. The molecule has 2 aromatic carbocycles. The largest absolute Gasteiger partial charge is 0.398 e. The van der Waals surface area contributed by atoms with E-state index in [1.807, 2.05) is 31.2 Å². The Balaban J connectivity index is 2.02. The van der Waals surface area contributed by atoms with Crippen molar-refractivity contribution in [1.82, 2.24) is 5.32 Å². The monoisotopic (exact) mass is 268 g/mol. The van der Waals surface area contributed by atoms with Crippen molar-refractivity contribution in [3.8, 4) is 0 Å². The molecule has 0 aliphatic rings. The number of aryl methyl sites for hydroxylation is 2. The molecule has 104 valence electrons. The van der Waals surface area contributed by atoms with Gasteiger partial charge in [0.1, 0.15) is 0 Å². The summed E-state index contributed by atoms with van der Waals surface area (Å²) in [6.07, 6.45) is 1.02. The molecule has 0 fully saturated rings. The first-order valence-corrected chi connectivity index (χ1v) is 6.83. The number of anilines is 1. The minimum atomic E-state index is -0.134. The van der Waals surface area contributed by atoms with Crippen LogP contribution < -0.4 is 11.1 Å². The number of nitrogen functional groups attached to an aromatic ring is 1. The molecule has 0 aromatic heterocycles. The third-order valence-corrected chi connectivity index (χ3v) is 3.45. The number of hydrogen-bond donors (Lipinski definition) is 2. The van der Waals surface area contributed by atoms with Crippen LogP contribution in [0.1, 0.15) is 34.0 Å². The lowest BCUT2D eigenvalue weighted by Gasteiger charge is -2.09. The fourth-order valence-corrected chi connectivity index (χ4v) is 2.05. The van der Waals surface area contributed by atoms with E-state index >= 15 is 0 Å². The fourth-order valence-electron chi connectivity index (χ4n) is 2.05. The highest BCUT2D eigenvalue weighted by molar-refractivity contribution is 5.99. The zero-order valence-electron chi connectivity index (χ0n) is 11.9. The highest BCUT2D eigenvalue weighted by Crippen LogP contribution is 2.16. The second-order valence-electron chi connectivity index (χ2n) is 4.89. The number of amides is 1. The van der Waals surface area contributed by atoms with Gasteiger partial charge in [-0.3, -0.25) is 4.79 Å². The number of benzene rings is 2. The van der Waals surface area contributed by atoms with Gasteiger partial charge in [0.15, 0.2) is 0 Å². The molecule has 2 aromatic rings. The summed E-state index contributed by atoms with van der Waals surface area (Å²) < 4.78 is 0. The van der Waals surface area contributed by atoms with Crippen molar-refractivity contribution in [2.24, 2.45) is 0 Å². The summed E-state index contributed by atoms with van der Waals surface area (Å²) in [5.41, 5.74) is 10.3. The fraction of sp³-hybridized carbons (Fsp3) is 0.235. The van der Waals surface area contributed by atoms with Gasteiger partial charge in [-0.15, -0.1) is 0 Å². The topological polar surface area (TPSA) is 55.1 Å². The molecule has 20 heavy (non-hydrogen) atoms. The van der Waals surface area contributed by atoms with Crippen molar-refractivity contribution in [2.45, 2.75) is 26.8 Å². The summed E-state index contributed by atoms with van der Waals surface area (Å²) in [6, 6.07) is 13.7. The average Bonchev–Trinajstić information content (AvgIpc) is 2.48. The van der Waals surface area contributed by atoms with Gasteiger partial charge in [0.2, 0.25) is 0 Å². The predicted octanol–water partition coefficient (Wildman–Crippen LogP) is 3.07. The number of rotatable bonds is 4. The van der Waals surface area contributed by atoms with Gasteiger partial charge in [-0.1, -0.05) is 43.3 Å². The van der Waals surface area contributed by atoms with Crippen LogP contribution >= 0.6 is 0 Å². The van der Waals surface area contributed by atoms with Crippen LogP contribution in [0, 0.1) is 6.92 Å². The van der Waals surface area contributed by atoms with Crippen LogP contribution in [-0.4, -0.2) is 5.91 Å². The Morgan fingerprint density at radius 1 is 1.10 bits per heavy atom. The Morgan fingerprint density at radius 2 is 1.75 bits per heavy atom. The lowest BCUT2D eigenvalue weighted by molar-refractivity contribution is 0.0951. The molecule has 3 heteroatoms. The van der Waals surface area contributed by atoms with E-state index < -0.39 is 0 Å². The number of para-hydroxylation sites is 1. The van der Waals surface area contributed by atoms with Crippen LogP contribution in [0.15, 0.2) is 42.5 Å². The minimum absolute atomic E-state index is 0.134. The van der Waals surface area contributed by atoms with E-state index in [0.717, 1.165) is 17.5 Å². The van der Waals surface area contributed by atoms with Crippen LogP contribution in [0.2, 0.25) is 0 Å². The molecule has 0 saturated carbocycles. The molecule has 0 saturated heterocycles. The molecule has 2 rings (SSSR count). The smallest absolute Gasteiger partial charge is 0.253 e. The summed E-state index contributed by atoms with van der Waals surface area (Å²) in [6.45, 7) is 4.53. The SMILES string of the molecule is CCc1ccc(CNC(=O)c2cccc(C)c2N)cc1. The lowest BCUT2D eigenvalue weighted by Crippen LogP contribution is -2.24. The minimum Gasteiger partial charge on any atom is -0.398 e. The first-order valence-electron chi connectivity index (χ1n) is 6.83. The summed E-state index contributed by atoms with van der Waals surface area (Å²) in [7, 11) is 0. The number of nitrogens with one attached hydrogen (secondary N) is 1. The van der Waals surface area contributed by atoms with E-state index in [9.17, 15) is 4.79 Å².